The van der Waals surface area contributed by atoms with Crippen LogP contribution in [0.3, 0.4) is 0 Å². The molecule has 0 fully saturated rings. The zero-order valence-electron chi connectivity index (χ0n) is 14.9. The molecule has 1 atom stereocenters. The minimum absolute atomic E-state index is 0.0367. The number of nitrogens with zero attached hydrogens (tertiary/aromatic N) is 1. The number of rotatable bonds is 5. The summed E-state index contributed by atoms with van der Waals surface area (Å²) in [5.74, 6) is -2.81. The number of benzene rings is 2. The van der Waals surface area contributed by atoms with E-state index in [0.717, 1.165) is 33.8 Å². The Morgan fingerprint density at radius 3 is 2.12 bits per heavy atom. The Morgan fingerprint density at radius 1 is 1.04 bits per heavy atom. The lowest BCUT2D eigenvalue weighted by Crippen LogP contribution is -2.45. The normalized spacial score (nSPS) is 12.5. The molecule has 0 saturated heterocycles. The van der Waals surface area contributed by atoms with Gasteiger partial charge in [0, 0.05) is 11.8 Å². The predicted octanol–water partition coefficient (Wildman–Crippen LogP) is 3.37. The molecular formula is C18H20F2N2O3S. The van der Waals surface area contributed by atoms with Gasteiger partial charge in [-0.15, -0.1) is 0 Å². The highest BCUT2D eigenvalue weighted by Crippen LogP contribution is 2.24. The van der Waals surface area contributed by atoms with Crippen molar-refractivity contribution in [2.75, 3.05) is 15.9 Å². The molecule has 0 aliphatic rings. The van der Waals surface area contributed by atoms with E-state index in [1.807, 2.05) is 19.9 Å². The van der Waals surface area contributed by atoms with Crippen molar-refractivity contribution < 1.29 is 22.0 Å². The van der Waals surface area contributed by atoms with Crippen LogP contribution in [0.1, 0.15) is 18.1 Å². The second kappa shape index (κ2) is 7.41. The van der Waals surface area contributed by atoms with Gasteiger partial charge in [-0.2, -0.15) is 0 Å². The SMILES string of the molecule is Cc1cc(C)cc(N([C@H](C)C(=O)Nc2ccc(F)c(F)c2)S(C)(=O)=O)c1. The monoisotopic (exact) mass is 382 g/mol. The first-order valence-corrected chi connectivity index (χ1v) is 9.67. The number of carbonyl (C=O) groups excluding carboxylic acids is 1. The van der Waals surface area contributed by atoms with Crippen molar-refractivity contribution in [3.05, 3.63) is 59.2 Å². The van der Waals surface area contributed by atoms with E-state index in [1.54, 1.807) is 12.1 Å². The van der Waals surface area contributed by atoms with Crippen LogP contribution >= 0.6 is 0 Å². The van der Waals surface area contributed by atoms with Crippen molar-refractivity contribution in [1.82, 2.24) is 0 Å². The number of aryl methyl sites for hydroxylation is 2. The van der Waals surface area contributed by atoms with Gasteiger partial charge in [0.1, 0.15) is 6.04 Å². The second-order valence-electron chi connectivity index (χ2n) is 6.20. The number of sulfonamides is 1. The Kier molecular flexibility index (Phi) is 5.65. The molecule has 0 spiro atoms. The van der Waals surface area contributed by atoms with E-state index in [-0.39, 0.29) is 5.69 Å². The Hall–Kier alpha value is -2.48. The van der Waals surface area contributed by atoms with Gasteiger partial charge in [-0.05, 0) is 56.2 Å². The van der Waals surface area contributed by atoms with E-state index < -0.39 is 33.6 Å². The number of carbonyl (C=O) groups is 1. The van der Waals surface area contributed by atoms with Crippen LogP contribution in [0.2, 0.25) is 0 Å². The molecular weight excluding hydrogens is 362 g/mol. The second-order valence-corrected chi connectivity index (χ2v) is 8.06. The van der Waals surface area contributed by atoms with Crippen molar-refractivity contribution in [3.63, 3.8) is 0 Å². The van der Waals surface area contributed by atoms with Crippen LogP contribution < -0.4 is 9.62 Å². The number of amides is 1. The van der Waals surface area contributed by atoms with E-state index in [9.17, 15) is 22.0 Å². The largest absolute Gasteiger partial charge is 0.324 e. The minimum Gasteiger partial charge on any atom is -0.324 e. The molecule has 140 valence electrons. The molecule has 0 saturated carbocycles. The van der Waals surface area contributed by atoms with Gasteiger partial charge in [0.25, 0.3) is 0 Å². The maximum atomic E-state index is 13.3. The topological polar surface area (TPSA) is 66.5 Å². The Balaban J connectivity index is 2.35. The van der Waals surface area contributed by atoms with Crippen molar-refractivity contribution in [3.8, 4) is 0 Å². The summed E-state index contributed by atoms with van der Waals surface area (Å²) < 4.78 is 51.9. The van der Waals surface area contributed by atoms with Gasteiger partial charge in [0.15, 0.2) is 11.6 Å². The van der Waals surface area contributed by atoms with Gasteiger partial charge in [-0.25, -0.2) is 17.2 Å². The van der Waals surface area contributed by atoms with Crippen molar-refractivity contribution in [2.24, 2.45) is 0 Å². The summed E-state index contributed by atoms with van der Waals surface area (Å²) in [6.45, 7) is 5.07. The maximum absolute atomic E-state index is 13.3. The van der Waals surface area contributed by atoms with Gasteiger partial charge in [-0.3, -0.25) is 9.10 Å². The predicted molar refractivity (Wildman–Crippen MR) is 97.7 cm³/mol. The first-order valence-electron chi connectivity index (χ1n) is 7.82. The highest BCUT2D eigenvalue weighted by molar-refractivity contribution is 7.92. The number of hydrogen-bond donors (Lipinski definition) is 1. The number of nitrogens with one attached hydrogen (secondary N) is 1. The molecule has 1 amide bonds. The fraction of sp³-hybridized carbons (Fsp3) is 0.278. The first-order chi connectivity index (χ1) is 12.0. The maximum Gasteiger partial charge on any atom is 0.247 e. The van der Waals surface area contributed by atoms with Crippen LogP contribution in [0.4, 0.5) is 20.2 Å². The van der Waals surface area contributed by atoms with E-state index in [0.29, 0.717) is 5.69 Å². The van der Waals surface area contributed by atoms with Crippen LogP contribution in [0, 0.1) is 25.5 Å². The number of hydrogen-bond acceptors (Lipinski definition) is 3. The smallest absolute Gasteiger partial charge is 0.247 e. The molecule has 5 nitrogen and oxygen atoms in total. The van der Waals surface area contributed by atoms with Crippen LogP contribution in [0.5, 0.6) is 0 Å². The van der Waals surface area contributed by atoms with E-state index in [2.05, 4.69) is 5.32 Å². The molecule has 0 aromatic heterocycles. The molecule has 8 heteroatoms. The lowest BCUT2D eigenvalue weighted by atomic mass is 10.1. The van der Waals surface area contributed by atoms with Crippen LogP contribution in [-0.4, -0.2) is 26.6 Å². The summed E-state index contributed by atoms with van der Waals surface area (Å²) in [6, 6.07) is 7.03. The quantitative estimate of drug-likeness (QED) is 0.862. The highest BCUT2D eigenvalue weighted by Gasteiger charge is 2.29. The zero-order chi connectivity index (χ0) is 19.6. The lowest BCUT2D eigenvalue weighted by molar-refractivity contribution is -0.116. The van der Waals surface area contributed by atoms with Gasteiger partial charge < -0.3 is 5.32 Å². The van der Waals surface area contributed by atoms with Gasteiger partial charge in [0.05, 0.1) is 11.9 Å². The van der Waals surface area contributed by atoms with Crippen LogP contribution in [-0.2, 0) is 14.8 Å². The summed E-state index contributed by atoms with van der Waals surface area (Å²) in [6.07, 6.45) is 1.01. The first kappa shape index (κ1) is 19.8. The molecule has 0 heterocycles. The molecule has 2 aromatic carbocycles. The standard InChI is InChI=1S/C18H20F2N2O3S/c1-11-7-12(2)9-15(8-11)22(26(4,24)25)13(3)18(23)21-14-5-6-16(19)17(20)10-14/h5-10,13H,1-4H3,(H,21,23)/t13-/m1/s1. The van der Waals surface area contributed by atoms with Crippen molar-refractivity contribution in [2.45, 2.75) is 26.8 Å². The molecule has 26 heavy (non-hydrogen) atoms. The number of anilines is 2. The van der Waals surface area contributed by atoms with Gasteiger partial charge in [-0.1, -0.05) is 6.07 Å². The van der Waals surface area contributed by atoms with E-state index in [1.165, 1.54) is 13.0 Å². The van der Waals surface area contributed by atoms with Gasteiger partial charge >= 0.3 is 0 Å². The minimum atomic E-state index is -3.76. The molecule has 0 radical (unpaired) electrons. The Bertz CT molecular complexity index is 925. The number of halogens is 2. The third-order valence-corrected chi connectivity index (χ3v) is 4.98. The van der Waals surface area contributed by atoms with Crippen molar-refractivity contribution in [1.29, 1.82) is 0 Å². The average Bonchev–Trinajstić information content (AvgIpc) is 2.48. The molecule has 1 N–H and O–H groups in total. The molecule has 2 rings (SSSR count). The third kappa shape index (κ3) is 4.57. The van der Waals surface area contributed by atoms with E-state index >= 15 is 0 Å². The summed E-state index contributed by atoms with van der Waals surface area (Å²) >= 11 is 0. The summed E-state index contributed by atoms with van der Waals surface area (Å²) in [5, 5.41) is 2.41. The molecule has 0 unspecified atom stereocenters. The molecule has 0 bridgehead atoms. The highest BCUT2D eigenvalue weighted by atomic mass is 32.2. The zero-order valence-corrected chi connectivity index (χ0v) is 15.7. The van der Waals surface area contributed by atoms with Gasteiger partial charge in [0.2, 0.25) is 15.9 Å². The van der Waals surface area contributed by atoms with Crippen molar-refractivity contribution >= 4 is 27.3 Å². The third-order valence-electron chi connectivity index (χ3n) is 3.74. The fourth-order valence-electron chi connectivity index (χ4n) is 2.71. The Labute approximate surface area is 151 Å². The molecule has 2 aromatic rings. The van der Waals surface area contributed by atoms with Crippen LogP contribution in [0.25, 0.3) is 0 Å². The lowest BCUT2D eigenvalue weighted by Gasteiger charge is -2.28. The van der Waals surface area contributed by atoms with E-state index in [4.69, 9.17) is 0 Å². The average molecular weight is 382 g/mol. The Morgan fingerprint density at radius 2 is 1.62 bits per heavy atom. The molecule has 0 aliphatic carbocycles. The summed E-state index contributed by atoms with van der Waals surface area (Å²) in [4.78, 5) is 12.5. The summed E-state index contributed by atoms with van der Waals surface area (Å²) in [5.41, 5.74) is 2.09. The van der Waals surface area contributed by atoms with Crippen LogP contribution in [0.15, 0.2) is 36.4 Å². The molecule has 0 aliphatic heterocycles. The fourth-order valence-corrected chi connectivity index (χ4v) is 3.87. The summed E-state index contributed by atoms with van der Waals surface area (Å²) in [7, 11) is -3.76.